The van der Waals surface area contributed by atoms with Crippen molar-refractivity contribution in [3.63, 3.8) is 0 Å². The zero-order valence-corrected chi connectivity index (χ0v) is 23.8. The number of aromatic amines is 1. The fraction of sp³-hybridized carbons (Fsp3) is 0.476. The van der Waals surface area contributed by atoms with Gasteiger partial charge < -0.3 is 44.8 Å². The smallest absolute Gasteiger partial charge is 0.387 e. The fourth-order valence-corrected chi connectivity index (χ4v) is 7.25. The van der Waals surface area contributed by atoms with Crippen LogP contribution in [0.2, 0.25) is 0 Å². The maximum atomic E-state index is 13.2. The molecule has 44 heavy (non-hydrogen) atoms. The van der Waals surface area contributed by atoms with Crippen molar-refractivity contribution >= 4 is 43.7 Å². The second-order valence-electron chi connectivity index (χ2n) is 10.1. The van der Waals surface area contributed by atoms with Crippen molar-refractivity contribution in [2.24, 2.45) is 0 Å². The molecule has 2 bridgehead atoms. The van der Waals surface area contributed by atoms with E-state index in [4.69, 9.17) is 33.3 Å². The van der Waals surface area contributed by atoms with E-state index >= 15 is 0 Å². The average Bonchev–Trinajstić information content (AvgIpc) is 3.73. The molecule has 7 rings (SSSR count). The summed E-state index contributed by atoms with van der Waals surface area (Å²) in [7, 11) is -10.1. The third-order valence-corrected chi connectivity index (χ3v) is 9.36. The van der Waals surface area contributed by atoms with E-state index in [-0.39, 0.29) is 22.6 Å². The van der Waals surface area contributed by atoms with Crippen LogP contribution in [0.5, 0.6) is 0 Å². The summed E-state index contributed by atoms with van der Waals surface area (Å²) < 4.78 is 61.3. The Kier molecular flexibility index (Phi) is 7.20. The molecule has 3 fully saturated rings. The molecule has 0 amide bonds. The third kappa shape index (κ3) is 5.06. The van der Waals surface area contributed by atoms with E-state index in [0.717, 1.165) is 12.7 Å². The number of hydrogen-bond donors (Lipinski definition) is 6. The lowest BCUT2D eigenvalue weighted by molar-refractivity contribution is -0.0671. The maximum absolute atomic E-state index is 13.2. The van der Waals surface area contributed by atoms with Gasteiger partial charge in [-0.25, -0.2) is 29.1 Å². The molecule has 0 radical (unpaired) electrons. The van der Waals surface area contributed by atoms with E-state index in [1.807, 2.05) is 0 Å². The quantitative estimate of drug-likeness (QED) is 0.136. The van der Waals surface area contributed by atoms with Crippen LogP contribution < -0.4 is 11.3 Å². The van der Waals surface area contributed by atoms with Crippen molar-refractivity contribution in [3.8, 4) is 0 Å². The van der Waals surface area contributed by atoms with Gasteiger partial charge in [-0.05, 0) is 6.07 Å². The van der Waals surface area contributed by atoms with Crippen molar-refractivity contribution < 1.29 is 56.7 Å². The van der Waals surface area contributed by atoms with Crippen molar-refractivity contribution in [1.82, 2.24) is 34.1 Å². The number of nitrogen functional groups attached to an aromatic ring is 1. The number of nitrogens with zero attached hydrogens (tertiary/aromatic N) is 6. The second kappa shape index (κ2) is 10.7. The van der Waals surface area contributed by atoms with Crippen molar-refractivity contribution in [2.75, 3.05) is 18.9 Å². The van der Waals surface area contributed by atoms with Crippen molar-refractivity contribution in [3.05, 3.63) is 41.6 Å². The summed E-state index contributed by atoms with van der Waals surface area (Å²) in [6.07, 6.45) is -7.35. The lowest BCUT2D eigenvalue weighted by atomic mass is 10.1. The molecule has 3 aliphatic heterocycles. The lowest BCUT2D eigenvalue weighted by Crippen LogP contribution is -2.36. The van der Waals surface area contributed by atoms with Gasteiger partial charge in [0.1, 0.15) is 54.4 Å². The first-order valence-electron chi connectivity index (χ1n) is 12.9. The normalized spacial score (nSPS) is 38.3. The summed E-state index contributed by atoms with van der Waals surface area (Å²) >= 11 is 0. The summed E-state index contributed by atoms with van der Waals surface area (Å²) in [5, 5.41) is 22.5. The van der Waals surface area contributed by atoms with Crippen LogP contribution in [0, 0.1) is 0 Å². The van der Waals surface area contributed by atoms with Crippen molar-refractivity contribution in [1.29, 1.82) is 0 Å². The number of phosphoric acid groups is 2. The van der Waals surface area contributed by atoms with Crippen LogP contribution in [0.3, 0.4) is 0 Å². The van der Waals surface area contributed by atoms with Crippen LogP contribution in [0.15, 0.2) is 36.0 Å². The van der Waals surface area contributed by atoms with E-state index < -0.39 is 83.5 Å². The monoisotopic (exact) mass is 658 g/mol. The minimum atomic E-state index is -5.07. The molecule has 4 aromatic rings. The number of aromatic nitrogens is 7. The molecule has 10 atom stereocenters. The highest BCUT2D eigenvalue weighted by Gasteiger charge is 2.53. The van der Waals surface area contributed by atoms with Gasteiger partial charge in [0, 0.05) is 6.20 Å². The van der Waals surface area contributed by atoms with E-state index in [9.17, 15) is 33.9 Å². The van der Waals surface area contributed by atoms with E-state index in [1.165, 1.54) is 21.7 Å². The molecular formula is C21H24N8O13P2. The topological polar surface area (TPSA) is 291 Å². The molecule has 236 valence electrons. The number of H-pyrrole nitrogens is 1. The number of ether oxygens (including phenoxy) is 2. The Hall–Kier alpha value is -3.17. The zero-order valence-electron chi connectivity index (χ0n) is 22.0. The summed E-state index contributed by atoms with van der Waals surface area (Å²) in [5.74, 6) is 0.151. The highest BCUT2D eigenvalue weighted by Crippen LogP contribution is 2.53. The molecule has 2 unspecified atom stereocenters. The maximum Gasteiger partial charge on any atom is 0.472 e. The molecule has 23 heteroatoms. The van der Waals surface area contributed by atoms with Gasteiger partial charge in [-0.3, -0.25) is 27.5 Å². The third-order valence-electron chi connectivity index (χ3n) is 7.39. The van der Waals surface area contributed by atoms with Gasteiger partial charge in [-0.1, -0.05) is 0 Å². The standard InChI is InChI=1S/C21H24N8O13P2/c22-16-8-1-2-28(17(8)24-5-23-16)20-13(31)14-10(40-20)4-38-44(35,36)42-15-12(30)9(3-37-43(33,34)41-14)39-21(15)29-7-27-11-18(29)25-6-26-19(11)32/h1-2,5-7,9-10,12-15,20-21,30-31H,3-4H2,(H,33,34)(H,35,36)(H2,22,23,24)(H,25,26,32)/t9-,10-,12-,13-,14-,15-,20-,21-/m1/s1. The summed E-state index contributed by atoms with van der Waals surface area (Å²) in [4.78, 5) is 51.8. The van der Waals surface area contributed by atoms with Gasteiger partial charge >= 0.3 is 15.6 Å². The van der Waals surface area contributed by atoms with E-state index in [2.05, 4.69) is 24.9 Å². The van der Waals surface area contributed by atoms with Crippen LogP contribution in [0.1, 0.15) is 12.5 Å². The second-order valence-corrected chi connectivity index (χ2v) is 12.9. The minimum Gasteiger partial charge on any atom is -0.387 e. The number of rotatable bonds is 2. The number of anilines is 1. The summed E-state index contributed by atoms with van der Waals surface area (Å²) in [6, 6.07) is 1.56. The van der Waals surface area contributed by atoms with Gasteiger partial charge in [0.25, 0.3) is 5.56 Å². The molecule has 0 aromatic carbocycles. The Morgan fingerprint density at radius 3 is 2.36 bits per heavy atom. The Labute approximate surface area is 244 Å². The molecule has 0 saturated carbocycles. The van der Waals surface area contributed by atoms with Gasteiger partial charge in [0.05, 0.1) is 31.3 Å². The first-order chi connectivity index (χ1) is 20.9. The highest BCUT2D eigenvalue weighted by atomic mass is 31.2. The Morgan fingerprint density at radius 2 is 1.59 bits per heavy atom. The van der Waals surface area contributed by atoms with Crippen molar-refractivity contribution in [2.45, 2.75) is 49.1 Å². The molecule has 7 N–H and O–H groups in total. The number of phosphoric ester groups is 2. The number of aliphatic hydroxyl groups is 2. The molecule has 0 aliphatic carbocycles. The first kappa shape index (κ1) is 29.5. The fourth-order valence-electron chi connectivity index (χ4n) is 5.36. The Balaban J connectivity index is 1.20. The number of hydrogen-bond acceptors (Lipinski definition) is 16. The van der Waals surface area contributed by atoms with Gasteiger partial charge in [0.15, 0.2) is 23.6 Å². The molecule has 21 nitrogen and oxygen atoms in total. The number of aliphatic hydroxyl groups excluding tert-OH is 2. The number of fused-ring (bicyclic) bond motifs is 5. The van der Waals surface area contributed by atoms with E-state index in [1.54, 1.807) is 6.07 Å². The predicted octanol–water partition coefficient (Wildman–Crippen LogP) is -1.32. The Bertz CT molecular complexity index is 1880. The van der Waals surface area contributed by atoms with Gasteiger partial charge in [-0.2, -0.15) is 0 Å². The number of nitrogens with two attached hydrogens (primary N) is 1. The molecular weight excluding hydrogens is 634 g/mol. The predicted molar refractivity (Wildman–Crippen MR) is 141 cm³/mol. The molecule has 0 spiro atoms. The lowest BCUT2D eigenvalue weighted by Gasteiger charge is -2.25. The number of imidazole rings is 1. The first-order valence-corrected chi connectivity index (χ1v) is 15.9. The highest BCUT2D eigenvalue weighted by molar-refractivity contribution is 7.47. The minimum absolute atomic E-state index is 0.0149. The van der Waals surface area contributed by atoms with Crippen LogP contribution in [0.25, 0.3) is 22.2 Å². The SMILES string of the molecule is Nc1ncnc2c1ccn2[C@@H]1O[C@@H]2COP(=O)(O)O[C@@H]3[C@H](O)[C@@H](COP(=O)(O)O[C@H]2[C@H]1O)O[C@H]3n1cnc2c(=O)[nH]cnc21. The molecule has 4 aromatic heterocycles. The summed E-state index contributed by atoms with van der Waals surface area (Å²) in [5.41, 5.74) is 5.45. The Morgan fingerprint density at radius 1 is 0.886 bits per heavy atom. The molecule has 3 saturated heterocycles. The van der Waals surface area contributed by atoms with Crippen LogP contribution in [-0.4, -0.2) is 104 Å². The summed E-state index contributed by atoms with van der Waals surface area (Å²) in [6.45, 7) is -1.58. The van der Waals surface area contributed by atoms with E-state index in [0.29, 0.717) is 5.39 Å². The van der Waals surface area contributed by atoms with Gasteiger partial charge in [-0.15, -0.1) is 0 Å². The number of nitrogens with one attached hydrogen (secondary N) is 1. The van der Waals surface area contributed by atoms with Crippen LogP contribution in [0.4, 0.5) is 5.82 Å². The van der Waals surface area contributed by atoms with Crippen LogP contribution in [-0.2, 0) is 36.7 Å². The average molecular weight is 658 g/mol. The largest absolute Gasteiger partial charge is 0.472 e. The van der Waals surface area contributed by atoms with Crippen LogP contribution >= 0.6 is 15.6 Å². The zero-order chi connectivity index (χ0) is 31.0. The van der Waals surface area contributed by atoms with Gasteiger partial charge in [0.2, 0.25) is 0 Å². The molecule has 3 aliphatic rings. The molecule has 7 heterocycles.